The van der Waals surface area contributed by atoms with E-state index in [1.807, 2.05) is 6.92 Å². The summed E-state index contributed by atoms with van der Waals surface area (Å²) in [5, 5.41) is 3.31. The fourth-order valence-corrected chi connectivity index (χ4v) is 5.94. The average Bonchev–Trinajstić information content (AvgIpc) is 3.66. The van der Waals surface area contributed by atoms with Crippen molar-refractivity contribution in [3.05, 3.63) is 30.0 Å². The van der Waals surface area contributed by atoms with Crippen molar-refractivity contribution in [1.82, 2.24) is 4.90 Å². The molecule has 1 amide bonds. The summed E-state index contributed by atoms with van der Waals surface area (Å²) in [5.41, 5.74) is 6.68. The summed E-state index contributed by atoms with van der Waals surface area (Å²) in [7, 11) is 3.85. The largest absolute Gasteiger partial charge is 0.453 e. The first kappa shape index (κ1) is 41.3. The van der Waals surface area contributed by atoms with Crippen molar-refractivity contribution in [2.24, 2.45) is 23.5 Å². The maximum atomic E-state index is 11.9. The second kappa shape index (κ2) is 25.4. The van der Waals surface area contributed by atoms with Crippen molar-refractivity contribution in [1.29, 1.82) is 0 Å². The number of furan rings is 1. The van der Waals surface area contributed by atoms with Crippen molar-refractivity contribution in [2.75, 3.05) is 45.9 Å². The number of methoxy groups -OCH3 is 1. The number of hydrogen-bond donors (Lipinski definition) is 2. The predicted molar refractivity (Wildman–Crippen MR) is 179 cm³/mol. The lowest BCUT2D eigenvalue weighted by Gasteiger charge is -2.31. The molecule has 1 saturated carbocycles. The molecular formula is C35H57F2N3O6. The third kappa shape index (κ3) is 16.2. The maximum Gasteiger partial charge on any atom is 0.211 e. The van der Waals surface area contributed by atoms with Gasteiger partial charge in [-0.3, -0.25) is 9.59 Å². The smallest absolute Gasteiger partial charge is 0.211 e. The number of nitrogens with zero attached hydrogens (tertiary/aromatic N) is 1. The van der Waals surface area contributed by atoms with Crippen LogP contribution < -0.4 is 11.1 Å². The fourth-order valence-electron chi connectivity index (χ4n) is 5.94. The first-order chi connectivity index (χ1) is 22.3. The van der Waals surface area contributed by atoms with Crippen LogP contribution in [0.15, 0.2) is 28.7 Å². The highest BCUT2D eigenvalue weighted by molar-refractivity contribution is 5.88. The second-order valence-electron chi connectivity index (χ2n) is 12.2. The molecule has 1 aromatic heterocycles. The Morgan fingerprint density at radius 1 is 1.09 bits per heavy atom. The van der Waals surface area contributed by atoms with Crippen molar-refractivity contribution >= 4 is 35.6 Å². The van der Waals surface area contributed by atoms with Crippen LogP contribution in [0.3, 0.4) is 0 Å². The quantitative estimate of drug-likeness (QED) is 0.151. The highest BCUT2D eigenvalue weighted by Gasteiger charge is 2.34. The Hall–Kier alpha value is -2.73. The molecule has 2 heterocycles. The number of hydrogen-bond acceptors (Lipinski definition) is 8. The first-order valence-corrected chi connectivity index (χ1v) is 16.7. The van der Waals surface area contributed by atoms with Crippen molar-refractivity contribution in [3.8, 4) is 0 Å². The van der Waals surface area contributed by atoms with E-state index in [-0.39, 0.29) is 24.3 Å². The van der Waals surface area contributed by atoms with Gasteiger partial charge in [0.1, 0.15) is 18.5 Å². The summed E-state index contributed by atoms with van der Waals surface area (Å²) < 4.78 is 32.4. The molecule has 0 bridgehead atoms. The number of alkyl halides is 1. The third-order valence-electron chi connectivity index (χ3n) is 8.90. The van der Waals surface area contributed by atoms with E-state index in [2.05, 4.69) is 33.9 Å². The fraction of sp³-hybridized carbons (Fsp3) is 0.686. The van der Waals surface area contributed by atoms with Crippen LogP contribution in [0.5, 0.6) is 0 Å². The number of rotatable bonds is 15. The number of aldehydes is 2. The Morgan fingerprint density at radius 3 is 2.37 bits per heavy atom. The number of ether oxygens (including phenoxy) is 1. The van der Waals surface area contributed by atoms with Gasteiger partial charge in [-0.2, -0.15) is 4.94 Å². The molecule has 46 heavy (non-hydrogen) atoms. The highest BCUT2D eigenvalue weighted by atomic mass is 19.3. The van der Waals surface area contributed by atoms with Gasteiger partial charge in [-0.15, -0.1) is 0 Å². The summed E-state index contributed by atoms with van der Waals surface area (Å²) >= 11 is 0. The molecular weight excluding hydrogens is 596 g/mol. The molecule has 0 spiro atoms. The number of amides is 1. The predicted octanol–water partition coefficient (Wildman–Crippen LogP) is 7.32. The number of carbonyl (C=O) groups excluding carboxylic acids is 3. The van der Waals surface area contributed by atoms with Gasteiger partial charge in [0.05, 0.1) is 6.61 Å². The van der Waals surface area contributed by atoms with E-state index in [0.717, 1.165) is 48.8 Å². The molecule has 1 aromatic carbocycles. The van der Waals surface area contributed by atoms with Gasteiger partial charge in [-0.05, 0) is 93.2 Å². The van der Waals surface area contributed by atoms with Crippen LogP contribution in [0, 0.1) is 17.8 Å². The van der Waals surface area contributed by atoms with E-state index in [4.69, 9.17) is 10.2 Å². The summed E-state index contributed by atoms with van der Waals surface area (Å²) in [6.45, 7) is 5.97. The molecule has 4 atom stereocenters. The number of nitrogens with two attached hydrogens (primary N) is 1. The van der Waals surface area contributed by atoms with Crippen LogP contribution in [0.25, 0.3) is 11.0 Å². The van der Waals surface area contributed by atoms with E-state index in [1.165, 1.54) is 45.1 Å². The summed E-state index contributed by atoms with van der Waals surface area (Å²) in [6, 6.07) is 7.28. The molecule has 4 rings (SSSR count). The van der Waals surface area contributed by atoms with Gasteiger partial charge in [0, 0.05) is 42.8 Å². The number of halogens is 2. The van der Waals surface area contributed by atoms with Gasteiger partial charge in [-0.1, -0.05) is 45.4 Å². The number of nitrogens with one attached hydrogen (secondary N) is 1. The minimum absolute atomic E-state index is 0.133. The lowest BCUT2D eigenvalue weighted by atomic mass is 9.77. The standard InChI is InChI=1S/C12H23N.C10H7NO3.C9H18FNO.C4H9FO2/c1-10-12(8-9-13(10)2)11-6-4-3-5-7-11;12-5-9-4-7-3-8(11-6-13)1-2-10(7)14-9;1-2-8(7-12)4-3-5-9(11)6-10;1-6-3-2-4-7-5/h10-12H,3-9H2,1-2H3;1-6H,(H,11,13);7-9H,2-6,11H2,1H3;2-4H2,1H3. The molecule has 1 aliphatic carbocycles. The molecule has 2 aliphatic rings. The molecule has 1 aliphatic heterocycles. The van der Waals surface area contributed by atoms with Crippen molar-refractivity contribution < 1.29 is 37.4 Å². The van der Waals surface area contributed by atoms with Crippen LogP contribution in [0.1, 0.15) is 95.0 Å². The van der Waals surface area contributed by atoms with E-state index < -0.39 is 6.67 Å². The molecule has 262 valence electrons. The van der Waals surface area contributed by atoms with E-state index >= 15 is 0 Å². The van der Waals surface area contributed by atoms with Crippen LogP contribution in [0.4, 0.5) is 14.6 Å². The zero-order chi connectivity index (χ0) is 34.2. The van der Waals surface area contributed by atoms with Crippen LogP contribution in [-0.2, 0) is 19.3 Å². The van der Waals surface area contributed by atoms with Crippen LogP contribution >= 0.6 is 0 Å². The first-order valence-electron chi connectivity index (χ1n) is 16.7. The summed E-state index contributed by atoms with van der Waals surface area (Å²) in [4.78, 5) is 36.8. The van der Waals surface area contributed by atoms with Gasteiger partial charge >= 0.3 is 0 Å². The topological polar surface area (TPSA) is 124 Å². The number of carbonyl (C=O) groups is 3. The zero-order valence-corrected chi connectivity index (χ0v) is 28.3. The lowest BCUT2D eigenvalue weighted by Crippen LogP contribution is -2.30. The van der Waals surface area contributed by atoms with Crippen molar-refractivity contribution in [3.63, 3.8) is 0 Å². The van der Waals surface area contributed by atoms with Gasteiger partial charge < -0.3 is 29.9 Å². The summed E-state index contributed by atoms with van der Waals surface area (Å²) in [6.07, 6.45) is 15.1. The molecule has 11 heteroatoms. The van der Waals surface area contributed by atoms with Crippen LogP contribution in [-0.4, -0.2) is 76.6 Å². The zero-order valence-electron chi connectivity index (χ0n) is 28.3. The maximum absolute atomic E-state index is 11.9. The molecule has 1 saturated heterocycles. The number of likely N-dealkylation sites (tertiary alicyclic amines) is 1. The number of anilines is 1. The minimum Gasteiger partial charge on any atom is -0.453 e. The Labute approximate surface area is 273 Å². The average molecular weight is 654 g/mol. The van der Waals surface area contributed by atoms with Gasteiger partial charge in [0.2, 0.25) is 6.41 Å². The Balaban J connectivity index is 0.000000315. The SMILES string of the molecule is CC1C(C2CCCCC2)CCN1C.CCC(C=O)CCCC(N)CF.COCCCOF.O=CNc1ccc2oc(C=O)cc2c1. The Bertz CT molecular complexity index is 1080. The Morgan fingerprint density at radius 2 is 1.83 bits per heavy atom. The van der Waals surface area contributed by atoms with Gasteiger partial charge in [0.15, 0.2) is 12.0 Å². The molecule has 2 aromatic rings. The number of fused-ring (bicyclic) bond motifs is 1. The summed E-state index contributed by atoms with van der Waals surface area (Å²) in [5.74, 6) is 2.50. The molecule has 9 nitrogen and oxygen atoms in total. The van der Waals surface area contributed by atoms with E-state index in [9.17, 15) is 23.3 Å². The van der Waals surface area contributed by atoms with Crippen molar-refractivity contribution in [2.45, 2.75) is 96.6 Å². The number of benzene rings is 1. The highest BCUT2D eigenvalue weighted by Crippen LogP contribution is 2.37. The third-order valence-corrected chi connectivity index (χ3v) is 8.90. The normalized spacial score (nSPS) is 19.4. The molecule has 2 fully saturated rings. The van der Waals surface area contributed by atoms with E-state index in [1.54, 1.807) is 31.4 Å². The molecule has 3 N–H and O–H groups in total. The monoisotopic (exact) mass is 653 g/mol. The molecule has 0 radical (unpaired) electrons. The second-order valence-corrected chi connectivity index (χ2v) is 12.2. The van der Waals surface area contributed by atoms with Gasteiger partial charge in [-0.25, -0.2) is 4.39 Å². The minimum atomic E-state index is -0.460. The lowest BCUT2D eigenvalue weighted by molar-refractivity contribution is -0.135. The van der Waals surface area contributed by atoms with E-state index in [0.29, 0.717) is 43.4 Å². The van der Waals surface area contributed by atoms with Crippen LogP contribution in [0.2, 0.25) is 0 Å². The van der Waals surface area contributed by atoms with Gasteiger partial charge in [0.25, 0.3) is 0 Å². The Kier molecular flexibility index (Phi) is 22.8. The molecule has 4 unspecified atom stereocenters.